The lowest BCUT2D eigenvalue weighted by Gasteiger charge is -2.35. The molecule has 13 nitrogen and oxygen atoms in total. The van der Waals surface area contributed by atoms with Gasteiger partial charge in [0.2, 0.25) is 10.0 Å². The van der Waals surface area contributed by atoms with E-state index in [1.165, 1.54) is 25.6 Å². The van der Waals surface area contributed by atoms with Crippen molar-refractivity contribution >= 4 is 38.3 Å². The first-order valence-electron chi connectivity index (χ1n) is 12.6. The highest BCUT2D eigenvalue weighted by molar-refractivity contribution is 7.89. The molecule has 2 fully saturated rings. The molecule has 208 valence electrons. The highest BCUT2D eigenvalue weighted by atomic mass is 32.2. The maximum atomic E-state index is 13.6. The van der Waals surface area contributed by atoms with Crippen LogP contribution in [0, 0.1) is 17.0 Å². The second-order valence-corrected chi connectivity index (χ2v) is 11.7. The van der Waals surface area contributed by atoms with Crippen molar-refractivity contribution < 1.29 is 22.9 Å². The number of rotatable bonds is 5. The van der Waals surface area contributed by atoms with Crippen LogP contribution in [0.2, 0.25) is 0 Å². The Morgan fingerprint density at radius 1 is 0.949 bits per heavy atom. The fourth-order valence-electron chi connectivity index (χ4n) is 5.24. The number of anilines is 1. The molecule has 39 heavy (non-hydrogen) atoms. The van der Waals surface area contributed by atoms with Crippen LogP contribution in [-0.4, -0.2) is 90.1 Å². The summed E-state index contributed by atoms with van der Waals surface area (Å²) in [6.45, 7) is 4.13. The Morgan fingerprint density at radius 2 is 1.56 bits per heavy atom. The topological polar surface area (TPSA) is 140 Å². The lowest BCUT2D eigenvalue weighted by Crippen LogP contribution is -2.49. The third-order valence-corrected chi connectivity index (χ3v) is 9.52. The standard InChI is InChI=1S/C25H30N6O7S/c1-17-14-20-21(27(3)25(33)26(20)2)16-23(17)39(36,37)30-8-6-28(7-9-30)19-5-4-18(15-22(19)31(34)35)24(32)29-10-12-38-13-11-29/h4-5,14-16H,6-13H2,1-3H3. The van der Waals surface area contributed by atoms with Gasteiger partial charge in [-0.25, -0.2) is 13.2 Å². The Bertz CT molecular complexity index is 1630. The van der Waals surface area contributed by atoms with Gasteiger partial charge in [-0.3, -0.25) is 24.0 Å². The van der Waals surface area contributed by atoms with Gasteiger partial charge in [-0.1, -0.05) is 0 Å². The minimum Gasteiger partial charge on any atom is -0.378 e. The molecule has 0 spiro atoms. The van der Waals surface area contributed by atoms with Gasteiger partial charge in [0.25, 0.3) is 11.6 Å². The van der Waals surface area contributed by atoms with E-state index in [1.54, 1.807) is 49.0 Å². The number of ether oxygens (including phenoxy) is 1. The number of fused-ring (bicyclic) bond motifs is 1. The summed E-state index contributed by atoms with van der Waals surface area (Å²) in [4.78, 5) is 40.1. The van der Waals surface area contributed by atoms with Crippen LogP contribution in [0.1, 0.15) is 15.9 Å². The van der Waals surface area contributed by atoms with Crippen molar-refractivity contribution in [2.75, 3.05) is 57.4 Å². The summed E-state index contributed by atoms with van der Waals surface area (Å²) in [5.41, 5.74) is 1.83. The van der Waals surface area contributed by atoms with Crippen LogP contribution in [0.4, 0.5) is 11.4 Å². The molecule has 1 aromatic heterocycles. The molecule has 0 radical (unpaired) electrons. The van der Waals surface area contributed by atoms with E-state index in [1.807, 2.05) is 0 Å². The zero-order chi connectivity index (χ0) is 28.1. The molecular formula is C25H30N6O7S. The quantitative estimate of drug-likeness (QED) is 0.335. The first-order valence-corrected chi connectivity index (χ1v) is 14.0. The predicted octanol–water partition coefficient (Wildman–Crippen LogP) is 1.08. The molecule has 5 rings (SSSR count). The molecule has 0 saturated carbocycles. The van der Waals surface area contributed by atoms with Gasteiger partial charge < -0.3 is 14.5 Å². The number of aryl methyl sites for hydroxylation is 3. The van der Waals surface area contributed by atoms with Crippen molar-refractivity contribution in [2.24, 2.45) is 14.1 Å². The Hall–Kier alpha value is -3.75. The second-order valence-electron chi connectivity index (χ2n) is 9.76. The summed E-state index contributed by atoms with van der Waals surface area (Å²) >= 11 is 0. The van der Waals surface area contributed by atoms with Crippen LogP contribution in [0.5, 0.6) is 0 Å². The van der Waals surface area contributed by atoms with Crippen molar-refractivity contribution in [1.29, 1.82) is 0 Å². The van der Waals surface area contributed by atoms with Gasteiger partial charge in [0, 0.05) is 65.0 Å². The molecule has 0 atom stereocenters. The van der Waals surface area contributed by atoms with Crippen molar-refractivity contribution in [2.45, 2.75) is 11.8 Å². The summed E-state index contributed by atoms with van der Waals surface area (Å²) in [7, 11) is -0.640. The van der Waals surface area contributed by atoms with Crippen LogP contribution in [0.15, 0.2) is 40.0 Å². The first-order chi connectivity index (χ1) is 18.5. The van der Waals surface area contributed by atoms with Gasteiger partial charge in [-0.15, -0.1) is 0 Å². The number of nitro benzene ring substituents is 1. The SMILES string of the molecule is Cc1cc2c(cc1S(=O)(=O)N1CCN(c3ccc(C(=O)N4CCOCC4)cc3[N+](=O)[O-])CC1)n(C)c(=O)n2C. The number of hydrogen-bond acceptors (Lipinski definition) is 8. The van der Waals surface area contributed by atoms with Gasteiger partial charge >= 0.3 is 5.69 Å². The molecule has 0 aliphatic carbocycles. The number of carbonyl (C=O) groups excluding carboxylic acids is 1. The second kappa shape index (κ2) is 10.1. The molecule has 0 N–H and O–H groups in total. The van der Waals surface area contributed by atoms with Crippen LogP contribution in [0.3, 0.4) is 0 Å². The molecule has 0 unspecified atom stereocenters. The zero-order valence-corrected chi connectivity index (χ0v) is 22.8. The molecule has 0 bridgehead atoms. The third kappa shape index (κ3) is 4.68. The summed E-state index contributed by atoms with van der Waals surface area (Å²) in [6, 6.07) is 7.65. The van der Waals surface area contributed by atoms with Gasteiger partial charge in [-0.2, -0.15) is 4.31 Å². The molecule has 14 heteroatoms. The van der Waals surface area contributed by atoms with Gasteiger partial charge in [-0.05, 0) is 36.8 Å². The molecule has 2 aromatic carbocycles. The summed E-state index contributed by atoms with van der Waals surface area (Å²) in [5, 5.41) is 11.9. The van der Waals surface area contributed by atoms with E-state index in [4.69, 9.17) is 4.74 Å². The molecule has 2 saturated heterocycles. The number of carbonyl (C=O) groups is 1. The summed E-state index contributed by atoms with van der Waals surface area (Å²) in [5.74, 6) is -0.285. The number of aromatic nitrogens is 2. The van der Waals surface area contributed by atoms with Crippen LogP contribution in [-0.2, 0) is 28.9 Å². The van der Waals surface area contributed by atoms with Crippen molar-refractivity contribution in [3.05, 3.63) is 62.1 Å². The number of benzene rings is 2. The fourth-order valence-corrected chi connectivity index (χ4v) is 6.88. The summed E-state index contributed by atoms with van der Waals surface area (Å²) < 4.78 is 36.7. The van der Waals surface area contributed by atoms with E-state index in [2.05, 4.69) is 0 Å². The van der Waals surface area contributed by atoms with Crippen molar-refractivity contribution in [3.8, 4) is 0 Å². The Morgan fingerprint density at radius 3 is 2.18 bits per heavy atom. The highest BCUT2D eigenvalue weighted by Gasteiger charge is 2.33. The number of sulfonamides is 1. The normalized spacial score (nSPS) is 17.1. The van der Waals surface area contributed by atoms with Crippen LogP contribution < -0.4 is 10.6 Å². The smallest absolute Gasteiger partial charge is 0.328 e. The number of piperazine rings is 1. The monoisotopic (exact) mass is 558 g/mol. The van der Waals surface area contributed by atoms with Crippen molar-refractivity contribution in [1.82, 2.24) is 18.3 Å². The predicted molar refractivity (Wildman–Crippen MR) is 144 cm³/mol. The number of hydrogen-bond donors (Lipinski definition) is 0. The minimum absolute atomic E-state index is 0.124. The van der Waals surface area contributed by atoms with Gasteiger partial charge in [0.15, 0.2) is 0 Å². The van der Waals surface area contributed by atoms with Crippen molar-refractivity contribution in [3.63, 3.8) is 0 Å². The molecule has 1 amide bonds. The van der Waals surface area contributed by atoms with E-state index in [0.717, 1.165) is 0 Å². The lowest BCUT2D eigenvalue weighted by atomic mass is 10.1. The third-order valence-electron chi connectivity index (χ3n) is 7.48. The largest absolute Gasteiger partial charge is 0.378 e. The number of imidazole rings is 1. The average molecular weight is 559 g/mol. The summed E-state index contributed by atoms with van der Waals surface area (Å²) in [6.07, 6.45) is 0. The lowest BCUT2D eigenvalue weighted by molar-refractivity contribution is -0.384. The number of nitrogens with zero attached hydrogens (tertiary/aromatic N) is 6. The Labute approximate surface area is 225 Å². The van der Waals surface area contributed by atoms with Gasteiger partial charge in [0.05, 0.1) is 34.1 Å². The Kier molecular flexibility index (Phi) is 6.95. The average Bonchev–Trinajstić information content (AvgIpc) is 3.15. The Balaban J connectivity index is 1.37. The van der Waals surface area contributed by atoms with E-state index in [-0.39, 0.29) is 53.9 Å². The van der Waals surface area contributed by atoms with Gasteiger partial charge in [0.1, 0.15) is 5.69 Å². The van der Waals surface area contributed by atoms with E-state index in [0.29, 0.717) is 48.6 Å². The van der Waals surface area contributed by atoms with E-state index >= 15 is 0 Å². The maximum absolute atomic E-state index is 13.6. The highest BCUT2D eigenvalue weighted by Crippen LogP contribution is 2.32. The molecule has 2 aliphatic rings. The number of nitro groups is 1. The van der Waals surface area contributed by atoms with Crippen LogP contribution in [0.25, 0.3) is 11.0 Å². The molecule has 3 heterocycles. The molecule has 3 aromatic rings. The first kappa shape index (κ1) is 26.8. The maximum Gasteiger partial charge on any atom is 0.328 e. The number of amides is 1. The minimum atomic E-state index is -3.88. The van der Waals surface area contributed by atoms with E-state index < -0.39 is 14.9 Å². The fraction of sp³-hybridized carbons (Fsp3) is 0.440. The number of morpholine rings is 1. The molecule has 2 aliphatic heterocycles. The van der Waals surface area contributed by atoms with Crippen LogP contribution >= 0.6 is 0 Å². The zero-order valence-electron chi connectivity index (χ0n) is 22.0. The van der Waals surface area contributed by atoms with E-state index in [9.17, 15) is 28.1 Å². The molecular weight excluding hydrogens is 528 g/mol.